The Morgan fingerprint density at radius 2 is 2.12 bits per heavy atom. The summed E-state index contributed by atoms with van der Waals surface area (Å²) in [6.07, 6.45) is 0.114. The highest BCUT2D eigenvalue weighted by Gasteiger charge is 2.04. The Bertz CT molecular complexity index is 462. The Kier molecular flexibility index (Phi) is 3.58. The smallest absolute Gasteiger partial charge is 0.308 e. The van der Waals surface area contributed by atoms with Crippen molar-refractivity contribution in [3.8, 4) is 0 Å². The molecule has 3 nitrogen and oxygen atoms in total. The minimum absolute atomic E-state index is 0.114. The fourth-order valence-corrected chi connectivity index (χ4v) is 2.88. The zero-order valence-corrected chi connectivity index (χ0v) is 10.1. The first kappa shape index (κ1) is 11.2. The number of nitrogens with one attached hydrogen (secondary N) is 1. The molecular weight excluding hydrogens is 242 g/mol. The van der Waals surface area contributed by atoms with Gasteiger partial charge in [-0.25, -0.2) is 0 Å². The monoisotopic (exact) mass is 253 g/mol. The molecule has 0 amide bonds. The lowest BCUT2D eigenvalue weighted by Gasteiger charge is -2.00. The number of aliphatic carboxylic acids is 1. The predicted molar refractivity (Wildman–Crippen MR) is 67.3 cm³/mol. The van der Waals surface area contributed by atoms with Crippen LogP contribution in [0.2, 0.25) is 0 Å². The third-order valence-corrected chi connectivity index (χ3v) is 3.80. The first-order valence-corrected chi connectivity index (χ1v) is 6.55. The van der Waals surface area contributed by atoms with Gasteiger partial charge in [0.1, 0.15) is 0 Å². The van der Waals surface area contributed by atoms with E-state index < -0.39 is 5.97 Å². The van der Waals surface area contributed by atoms with Gasteiger partial charge in [-0.05, 0) is 23.6 Å². The molecule has 84 valence electrons. The van der Waals surface area contributed by atoms with E-state index in [9.17, 15) is 4.79 Å². The van der Waals surface area contributed by atoms with Crippen LogP contribution in [-0.4, -0.2) is 11.1 Å². The molecule has 0 radical (unpaired) electrons. The number of carboxylic acid groups (broad SMARTS) is 1. The van der Waals surface area contributed by atoms with Gasteiger partial charge in [-0.2, -0.15) is 11.3 Å². The van der Waals surface area contributed by atoms with Crippen molar-refractivity contribution in [1.29, 1.82) is 0 Å². The Balaban J connectivity index is 1.90. The van der Waals surface area contributed by atoms with E-state index in [1.165, 1.54) is 0 Å². The maximum atomic E-state index is 10.5. The minimum atomic E-state index is -0.779. The highest BCUT2D eigenvalue weighted by Crippen LogP contribution is 2.19. The van der Waals surface area contributed by atoms with Gasteiger partial charge in [0.15, 0.2) is 0 Å². The van der Waals surface area contributed by atoms with Crippen LogP contribution in [0.1, 0.15) is 9.75 Å². The van der Waals surface area contributed by atoms with Crippen molar-refractivity contribution in [2.75, 3.05) is 5.32 Å². The van der Waals surface area contributed by atoms with E-state index in [2.05, 4.69) is 5.32 Å². The van der Waals surface area contributed by atoms with E-state index in [4.69, 9.17) is 5.11 Å². The lowest BCUT2D eigenvalue weighted by atomic mass is 10.3. The molecule has 0 aliphatic heterocycles. The molecule has 0 aromatic carbocycles. The Morgan fingerprint density at radius 1 is 1.31 bits per heavy atom. The molecule has 2 aromatic heterocycles. The lowest BCUT2D eigenvalue weighted by molar-refractivity contribution is -0.136. The molecule has 0 atom stereocenters. The van der Waals surface area contributed by atoms with Gasteiger partial charge in [-0.1, -0.05) is 0 Å². The molecule has 0 saturated carbocycles. The van der Waals surface area contributed by atoms with E-state index >= 15 is 0 Å². The normalized spacial score (nSPS) is 10.2. The van der Waals surface area contributed by atoms with Gasteiger partial charge >= 0.3 is 5.97 Å². The molecule has 2 N–H and O–H groups in total. The number of thiophene rings is 2. The molecule has 0 saturated heterocycles. The second-order valence-electron chi connectivity index (χ2n) is 3.30. The summed E-state index contributed by atoms with van der Waals surface area (Å²) in [7, 11) is 0. The van der Waals surface area contributed by atoms with E-state index in [1.807, 2.05) is 29.0 Å². The van der Waals surface area contributed by atoms with Gasteiger partial charge in [0.2, 0.25) is 0 Å². The van der Waals surface area contributed by atoms with Crippen LogP contribution in [0.3, 0.4) is 0 Å². The lowest BCUT2D eigenvalue weighted by Crippen LogP contribution is -1.97. The summed E-state index contributed by atoms with van der Waals surface area (Å²) in [5.74, 6) is -0.779. The molecule has 2 rings (SSSR count). The number of anilines is 1. The van der Waals surface area contributed by atoms with Crippen LogP contribution in [0.15, 0.2) is 29.0 Å². The van der Waals surface area contributed by atoms with Gasteiger partial charge in [0, 0.05) is 27.4 Å². The molecule has 0 unspecified atom stereocenters. The van der Waals surface area contributed by atoms with Crippen molar-refractivity contribution >= 4 is 34.3 Å². The fraction of sp³-hybridized carbons (Fsp3) is 0.182. The zero-order chi connectivity index (χ0) is 11.4. The highest BCUT2D eigenvalue weighted by molar-refractivity contribution is 7.12. The average molecular weight is 253 g/mol. The van der Waals surface area contributed by atoms with Gasteiger partial charge in [0.05, 0.1) is 6.42 Å². The SMILES string of the molecule is O=C(O)Cc1ccc(CNc2ccsc2)s1. The predicted octanol–water partition coefficient (Wildman–Crippen LogP) is 3.05. The zero-order valence-electron chi connectivity index (χ0n) is 8.47. The summed E-state index contributed by atoms with van der Waals surface area (Å²) < 4.78 is 0. The fourth-order valence-electron chi connectivity index (χ4n) is 1.32. The summed E-state index contributed by atoms with van der Waals surface area (Å²) in [4.78, 5) is 12.6. The van der Waals surface area contributed by atoms with E-state index in [1.54, 1.807) is 22.7 Å². The molecule has 0 aliphatic rings. The number of carboxylic acids is 1. The van der Waals surface area contributed by atoms with Crippen LogP contribution in [0, 0.1) is 0 Å². The second kappa shape index (κ2) is 5.14. The van der Waals surface area contributed by atoms with Crippen LogP contribution in [0.5, 0.6) is 0 Å². The van der Waals surface area contributed by atoms with Crippen molar-refractivity contribution in [1.82, 2.24) is 0 Å². The molecule has 2 aromatic rings. The Labute approximate surface area is 101 Å². The molecule has 0 bridgehead atoms. The Morgan fingerprint density at radius 3 is 2.81 bits per heavy atom. The van der Waals surface area contributed by atoms with Crippen LogP contribution in [0.25, 0.3) is 0 Å². The number of rotatable bonds is 5. The summed E-state index contributed by atoms with van der Waals surface area (Å²) in [6.45, 7) is 0.751. The molecule has 16 heavy (non-hydrogen) atoms. The van der Waals surface area contributed by atoms with Crippen molar-refractivity contribution in [2.24, 2.45) is 0 Å². The molecule has 0 spiro atoms. The summed E-state index contributed by atoms with van der Waals surface area (Å²) in [6, 6.07) is 5.88. The highest BCUT2D eigenvalue weighted by atomic mass is 32.1. The van der Waals surface area contributed by atoms with Gasteiger partial charge in [-0.3, -0.25) is 4.79 Å². The minimum Gasteiger partial charge on any atom is -0.481 e. The summed E-state index contributed by atoms with van der Waals surface area (Å²) in [5, 5.41) is 16.0. The van der Waals surface area contributed by atoms with Gasteiger partial charge < -0.3 is 10.4 Å². The number of carbonyl (C=O) groups is 1. The van der Waals surface area contributed by atoms with Crippen molar-refractivity contribution in [3.63, 3.8) is 0 Å². The molecule has 2 heterocycles. The van der Waals surface area contributed by atoms with Crippen molar-refractivity contribution < 1.29 is 9.90 Å². The van der Waals surface area contributed by atoms with Crippen molar-refractivity contribution in [2.45, 2.75) is 13.0 Å². The molecule has 0 fully saturated rings. The van der Waals surface area contributed by atoms with Gasteiger partial charge in [0.25, 0.3) is 0 Å². The average Bonchev–Trinajstić information content (AvgIpc) is 2.84. The molecule has 5 heteroatoms. The van der Waals surface area contributed by atoms with E-state index in [0.717, 1.165) is 22.0 Å². The summed E-state index contributed by atoms with van der Waals surface area (Å²) in [5.41, 5.74) is 1.11. The topological polar surface area (TPSA) is 49.3 Å². The standard InChI is InChI=1S/C11H11NO2S2/c13-11(14)5-9-1-2-10(16-9)6-12-8-3-4-15-7-8/h1-4,7,12H,5-6H2,(H,13,14). The van der Waals surface area contributed by atoms with E-state index in [-0.39, 0.29) is 6.42 Å². The maximum Gasteiger partial charge on any atom is 0.308 e. The first-order valence-electron chi connectivity index (χ1n) is 4.79. The van der Waals surface area contributed by atoms with Gasteiger partial charge in [-0.15, -0.1) is 11.3 Å². The number of hydrogen-bond acceptors (Lipinski definition) is 4. The third kappa shape index (κ3) is 3.08. The van der Waals surface area contributed by atoms with Crippen LogP contribution in [0.4, 0.5) is 5.69 Å². The Hall–Kier alpha value is -1.33. The van der Waals surface area contributed by atoms with E-state index in [0.29, 0.717) is 0 Å². The maximum absolute atomic E-state index is 10.5. The second-order valence-corrected chi connectivity index (χ2v) is 5.34. The first-order chi connectivity index (χ1) is 7.74. The molecule has 0 aliphatic carbocycles. The largest absolute Gasteiger partial charge is 0.481 e. The van der Waals surface area contributed by atoms with Crippen LogP contribution < -0.4 is 5.32 Å². The third-order valence-electron chi connectivity index (χ3n) is 2.03. The van der Waals surface area contributed by atoms with Crippen molar-refractivity contribution in [3.05, 3.63) is 38.7 Å². The number of hydrogen-bond donors (Lipinski definition) is 2. The molecular formula is C11H11NO2S2. The van der Waals surface area contributed by atoms with Crippen LogP contribution in [-0.2, 0) is 17.8 Å². The quantitative estimate of drug-likeness (QED) is 0.861. The summed E-state index contributed by atoms with van der Waals surface area (Å²) >= 11 is 3.19. The van der Waals surface area contributed by atoms with Crippen LogP contribution >= 0.6 is 22.7 Å².